The van der Waals surface area contributed by atoms with E-state index in [0.717, 1.165) is 25.6 Å². The Kier molecular flexibility index (Phi) is 3.86. The maximum atomic E-state index is 12.4. The number of benzene rings is 2. The molecule has 0 aliphatic rings. The molecule has 118 valence electrons. The molecule has 0 aliphatic heterocycles. The highest BCUT2D eigenvalue weighted by Crippen LogP contribution is 2.26. The van der Waals surface area contributed by atoms with Gasteiger partial charge in [0, 0.05) is 32.3 Å². The monoisotopic (exact) mass is 443 g/mol. The highest BCUT2D eigenvalue weighted by atomic mass is 79.9. The summed E-state index contributed by atoms with van der Waals surface area (Å²) >= 11 is 6.85. The van der Waals surface area contributed by atoms with Gasteiger partial charge in [0.1, 0.15) is 0 Å². The minimum atomic E-state index is -0.138. The summed E-state index contributed by atoms with van der Waals surface area (Å²) in [5.74, 6) is 0. The van der Waals surface area contributed by atoms with Crippen molar-refractivity contribution in [1.29, 1.82) is 0 Å². The van der Waals surface area contributed by atoms with E-state index in [2.05, 4.69) is 37.0 Å². The van der Waals surface area contributed by atoms with Crippen LogP contribution in [0.15, 0.2) is 74.5 Å². The number of hydrogen-bond acceptors (Lipinski definition) is 2. The van der Waals surface area contributed by atoms with Crippen molar-refractivity contribution in [3.63, 3.8) is 0 Å². The minimum absolute atomic E-state index is 0.138. The number of H-pyrrole nitrogens is 1. The molecule has 24 heavy (non-hydrogen) atoms. The van der Waals surface area contributed by atoms with E-state index in [0.29, 0.717) is 11.3 Å². The van der Waals surface area contributed by atoms with E-state index in [1.54, 1.807) is 6.20 Å². The molecule has 0 saturated carbocycles. The minimum Gasteiger partial charge on any atom is -0.296 e. The van der Waals surface area contributed by atoms with Gasteiger partial charge in [0.25, 0.3) is 5.56 Å². The number of hydrogen-bond donors (Lipinski definition) is 1. The van der Waals surface area contributed by atoms with Gasteiger partial charge in [-0.15, -0.1) is 0 Å². The normalized spacial score (nSPS) is 11.1. The van der Waals surface area contributed by atoms with Crippen molar-refractivity contribution < 1.29 is 0 Å². The van der Waals surface area contributed by atoms with Crippen molar-refractivity contribution in [2.45, 2.75) is 0 Å². The van der Waals surface area contributed by atoms with Crippen molar-refractivity contribution in [2.24, 2.45) is 0 Å². The van der Waals surface area contributed by atoms with Crippen LogP contribution >= 0.6 is 31.9 Å². The lowest BCUT2D eigenvalue weighted by molar-refractivity contribution is 0.901. The third kappa shape index (κ3) is 2.72. The van der Waals surface area contributed by atoms with Crippen molar-refractivity contribution in [2.75, 3.05) is 0 Å². The number of fused-ring (bicyclic) bond motifs is 1. The summed E-state index contributed by atoms with van der Waals surface area (Å²) in [6, 6.07) is 17.2. The molecule has 0 spiro atoms. The summed E-state index contributed by atoms with van der Waals surface area (Å²) in [6.45, 7) is 0. The van der Waals surface area contributed by atoms with Crippen LogP contribution in [0.3, 0.4) is 0 Å². The topological polar surface area (TPSA) is 50.2 Å². The lowest BCUT2D eigenvalue weighted by Crippen LogP contribution is -2.14. The number of rotatable bonds is 2. The quantitative estimate of drug-likeness (QED) is 0.478. The van der Waals surface area contributed by atoms with Crippen LogP contribution in [-0.2, 0) is 0 Å². The van der Waals surface area contributed by atoms with Crippen LogP contribution in [0.1, 0.15) is 0 Å². The summed E-state index contributed by atoms with van der Waals surface area (Å²) in [5.41, 5.74) is 3.92. The molecule has 0 aliphatic carbocycles. The van der Waals surface area contributed by atoms with E-state index in [-0.39, 0.29) is 5.56 Å². The average molecular weight is 445 g/mol. The first-order valence-corrected chi connectivity index (χ1v) is 8.83. The van der Waals surface area contributed by atoms with Gasteiger partial charge in [-0.1, -0.05) is 56.1 Å². The third-order valence-corrected chi connectivity index (χ3v) is 4.85. The molecule has 4 rings (SSSR count). The molecule has 0 saturated heterocycles. The van der Waals surface area contributed by atoms with E-state index in [9.17, 15) is 4.79 Å². The summed E-state index contributed by atoms with van der Waals surface area (Å²) < 4.78 is 3.45. The molecule has 1 N–H and O–H groups in total. The van der Waals surface area contributed by atoms with E-state index in [1.165, 1.54) is 10.6 Å². The van der Waals surface area contributed by atoms with Crippen LogP contribution in [0.4, 0.5) is 0 Å². The van der Waals surface area contributed by atoms with Crippen molar-refractivity contribution in [3.8, 4) is 22.4 Å². The Balaban J connectivity index is 1.93. The number of nitrogens with zero attached hydrogens (tertiary/aromatic N) is 2. The second-order valence-electron chi connectivity index (χ2n) is 5.34. The molecule has 0 atom stereocenters. The van der Waals surface area contributed by atoms with E-state index in [1.807, 2.05) is 48.5 Å². The average Bonchev–Trinajstić information content (AvgIpc) is 3.01. The second kappa shape index (κ2) is 6.03. The first-order chi connectivity index (χ1) is 11.6. The molecular formula is C18H11Br2N3O. The first kappa shape index (κ1) is 15.4. The molecule has 0 unspecified atom stereocenters. The van der Waals surface area contributed by atoms with Gasteiger partial charge in [0.2, 0.25) is 0 Å². The van der Waals surface area contributed by atoms with Crippen LogP contribution in [0, 0.1) is 0 Å². The zero-order chi connectivity index (χ0) is 16.7. The van der Waals surface area contributed by atoms with Crippen LogP contribution in [0.25, 0.3) is 28.0 Å². The summed E-state index contributed by atoms with van der Waals surface area (Å²) in [7, 11) is 0. The maximum Gasteiger partial charge on any atom is 0.273 e. The highest BCUT2D eigenvalue weighted by molar-refractivity contribution is 9.10. The Morgan fingerprint density at radius 3 is 2.08 bits per heavy atom. The maximum absolute atomic E-state index is 12.4. The van der Waals surface area contributed by atoms with Gasteiger partial charge in [0.05, 0.1) is 5.69 Å². The van der Waals surface area contributed by atoms with Crippen molar-refractivity contribution >= 4 is 37.5 Å². The van der Waals surface area contributed by atoms with Gasteiger partial charge in [-0.25, -0.2) is 9.50 Å². The lowest BCUT2D eigenvalue weighted by atomic mass is 10.1. The van der Waals surface area contributed by atoms with E-state index < -0.39 is 0 Å². The van der Waals surface area contributed by atoms with Crippen LogP contribution in [-0.4, -0.2) is 14.6 Å². The zero-order valence-electron chi connectivity index (χ0n) is 12.3. The molecule has 4 nitrogen and oxygen atoms in total. The van der Waals surface area contributed by atoms with Gasteiger partial charge >= 0.3 is 0 Å². The number of halogens is 2. The SMILES string of the molecule is O=c1cc(-c2ccc(Br)cc2)nc2c(-c3ccc(Br)cc3)c[nH]n12. The fourth-order valence-corrected chi connectivity index (χ4v) is 3.12. The standard InChI is InChI=1S/C18H11Br2N3O/c19-13-5-1-11(2-6-13)15-10-21-23-17(24)9-16(22-18(15)23)12-3-7-14(20)8-4-12/h1-10,21H. The number of aromatic nitrogens is 3. The Morgan fingerprint density at radius 2 is 1.46 bits per heavy atom. The van der Waals surface area contributed by atoms with Crippen LogP contribution in [0.2, 0.25) is 0 Å². The number of nitrogens with one attached hydrogen (secondary N) is 1. The fraction of sp³-hybridized carbons (Fsp3) is 0. The van der Waals surface area contributed by atoms with Crippen LogP contribution < -0.4 is 5.56 Å². The Hall–Kier alpha value is -2.18. The van der Waals surface area contributed by atoms with Crippen molar-refractivity contribution in [1.82, 2.24) is 14.6 Å². The molecular weight excluding hydrogens is 434 g/mol. The molecule has 2 aromatic carbocycles. The Labute approximate surface area is 154 Å². The predicted molar refractivity (Wildman–Crippen MR) is 102 cm³/mol. The molecule has 0 radical (unpaired) electrons. The second-order valence-corrected chi connectivity index (χ2v) is 7.17. The molecule has 0 bridgehead atoms. The van der Waals surface area contributed by atoms with Gasteiger partial charge < -0.3 is 0 Å². The first-order valence-electron chi connectivity index (χ1n) is 7.25. The largest absolute Gasteiger partial charge is 0.296 e. The van der Waals surface area contributed by atoms with Gasteiger partial charge in [-0.05, 0) is 29.8 Å². The summed E-state index contributed by atoms with van der Waals surface area (Å²) in [6.07, 6.45) is 1.80. The molecule has 2 aromatic heterocycles. The van der Waals surface area contributed by atoms with E-state index >= 15 is 0 Å². The van der Waals surface area contributed by atoms with Gasteiger partial charge in [-0.3, -0.25) is 9.89 Å². The third-order valence-electron chi connectivity index (χ3n) is 3.79. The highest BCUT2D eigenvalue weighted by Gasteiger charge is 2.11. The Bertz CT molecular complexity index is 1080. The molecule has 2 heterocycles. The molecule has 6 heteroatoms. The van der Waals surface area contributed by atoms with Gasteiger partial charge in [0.15, 0.2) is 5.65 Å². The smallest absolute Gasteiger partial charge is 0.273 e. The molecule has 0 amide bonds. The molecule has 4 aromatic rings. The fourth-order valence-electron chi connectivity index (χ4n) is 2.59. The number of aromatic amines is 1. The summed E-state index contributed by atoms with van der Waals surface area (Å²) in [4.78, 5) is 17.1. The van der Waals surface area contributed by atoms with Crippen LogP contribution in [0.5, 0.6) is 0 Å². The zero-order valence-corrected chi connectivity index (χ0v) is 15.5. The van der Waals surface area contributed by atoms with Crippen molar-refractivity contribution in [3.05, 3.63) is 80.1 Å². The van der Waals surface area contributed by atoms with Gasteiger partial charge in [-0.2, -0.15) is 0 Å². The predicted octanol–water partition coefficient (Wildman–Crippen LogP) is 4.88. The van der Waals surface area contributed by atoms with E-state index in [4.69, 9.17) is 4.98 Å². The lowest BCUT2D eigenvalue weighted by Gasteiger charge is -2.04. The molecule has 0 fully saturated rings. The Morgan fingerprint density at radius 1 is 0.875 bits per heavy atom. The summed E-state index contributed by atoms with van der Waals surface area (Å²) in [5, 5.41) is 2.98.